The Kier molecular flexibility index (Phi) is 5.99. The molecule has 2 fully saturated rings. The summed E-state index contributed by atoms with van der Waals surface area (Å²) in [6.07, 6.45) is 2.06. The number of sulfonamides is 1. The number of halogens is 1. The zero-order chi connectivity index (χ0) is 18.7. The van der Waals surface area contributed by atoms with Gasteiger partial charge in [-0.2, -0.15) is 0 Å². The summed E-state index contributed by atoms with van der Waals surface area (Å²) in [6, 6.07) is 6.54. The lowest BCUT2D eigenvalue weighted by atomic mass is 10.2. The molecule has 1 aromatic rings. The second-order valence-corrected chi connectivity index (χ2v) is 9.15. The molecular weight excluding hydrogens is 422 g/mol. The van der Waals surface area contributed by atoms with Crippen LogP contribution >= 0.6 is 15.9 Å². The van der Waals surface area contributed by atoms with Crippen LogP contribution in [0.25, 0.3) is 0 Å². The van der Waals surface area contributed by atoms with Crippen LogP contribution in [0.4, 0.5) is 0 Å². The summed E-state index contributed by atoms with van der Waals surface area (Å²) < 4.78 is 27.5. The minimum Gasteiger partial charge on any atom is -0.339 e. The molecule has 3 rings (SSSR count). The molecule has 1 aromatic carbocycles. The summed E-state index contributed by atoms with van der Waals surface area (Å²) in [6.45, 7) is 2.18. The average Bonchev–Trinajstić information content (AvgIpc) is 3.46. The second-order valence-electron chi connectivity index (χ2n) is 6.56. The van der Waals surface area contributed by atoms with Crippen LogP contribution in [0.3, 0.4) is 0 Å². The number of benzene rings is 1. The minimum atomic E-state index is -3.66. The fraction of sp³-hybridized carbons (Fsp3) is 0.529. The molecule has 0 aromatic heterocycles. The smallest absolute Gasteiger partial charge is 0.241 e. The van der Waals surface area contributed by atoms with E-state index in [1.54, 1.807) is 23.1 Å². The number of nitrogens with zero attached hydrogens (tertiary/aromatic N) is 2. The van der Waals surface area contributed by atoms with Crippen LogP contribution in [0.2, 0.25) is 0 Å². The predicted octanol–water partition coefficient (Wildman–Crippen LogP) is 1.20. The van der Waals surface area contributed by atoms with Gasteiger partial charge in [0.05, 0.1) is 4.90 Å². The molecule has 7 nitrogen and oxygen atoms in total. The van der Waals surface area contributed by atoms with Crippen molar-refractivity contribution < 1.29 is 18.0 Å². The molecule has 1 saturated heterocycles. The fourth-order valence-electron chi connectivity index (χ4n) is 2.96. The molecule has 0 radical (unpaired) electrons. The van der Waals surface area contributed by atoms with E-state index in [0.717, 1.165) is 12.8 Å². The van der Waals surface area contributed by atoms with Gasteiger partial charge in [-0.1, -0.05) is 12.1 Å². The van der Waals surface area contributed by atoms with Gasteiger partial charge in [0.25, 0.3) is 0 Å². The third-order valence-electron chi connectivity index (χ3n) is 4.63. The quantitative estimate of drug-likeness (QED) is 0.715. The molecule has 0 bridgehead atoms. The maximum absolute atomic E-state index is 12.3. The van der Waals surface area contributed by atoms with Crippen molar-refractivity contribution in [3.63, 3.8) is 0 Å². The first-order chi connectivity index (χ1) is 12.4. The molecule has 1 saturated carbocycles. The third-order valence-corrected chi connectivity index (χ3v) is 7.10. The van der Waals surface area contributed by atoms with E-state index in [1.165, 1.54) is 6.07 Å². The summed E-state index contributed by atoms with van der Waals surface area (Å²) in [5, 5.41) is 0. The van der Waals surface area contributed by atoms with Crippen LogP contribution < -0.4 is 4.72 Å². The lowest BCUT2D eigenvalue weighted by Crippen LogP contribution is -2.51. The molecule has 0 atom stereocenters. The summed E-state index contributed by atoms with van der Waals surface area (Å²) in [4.78, 5) is 28.0. The van der Waals surface area contributed by atoms with Gasteiger partial charge in [-0.3, -0.25) is 9.59 Å². The van der Waals surface area contributed by atoms with E-state index in [9.17, 15) is 18.0 Å². The molecule has 2 aliphatic rings. The highest BCUT2D eigenvalue weighted by Gasteiger charge is 2.35. The highest BCUT2D eigenvalue weighted by atomic mass is 79.9. The number of carbonyl (C=O) groups excluding carboxylic acids is 2. The molecule has 1 aliphatic carbocycles. The van der Waals surface area contributed by atoms with E-state index in [0.29, 0.717) is 30.7 Å². The first-order valence-corrected chi connectivity index (χ1v) is 11.0. The summed E-state index contributed by atoms with van der Waals surface area (Å²) >= 11 is 3.22. The molecule has 142 valence electrons. The lowest BCUT2D eigenvalue weighted by Gasteiger charge is -2.35. The van der Waals surface area contributed by atoms with Crippen molar-refractivity contribution in [1.82, 2.24) is 14.5 Å². The van der Waals surface area contributed by atoms with Crippen molar-refractivity contribution >= 4 is 37.8 Å². The Morgan fingerprint density at radius 2 is 1.69 bits per heavy atom. The molecule has 1 heterocycles. The number of piperazine rings is 1. The van der Waals surface area contributed by atoms with Gasteiger partial charge >= 0.3 is 0 Å². The molecule has 1 aliphatic heterocycles. The Hall–Kier alpha value is -1.45. The number of hydrogen-bond acceptors (Lipinski definition) is 4. The SMILES string of the molecule is O=C(CCNS(=O)(=O)c1ccccc1Br)N1CCN(C(=O)C2CC2)CC1. The molecule has 2 amide bonds. The van der Waals surface area contributed by atoms with Gasteiger partial charge in [0.2, 0.25) is 21.8 Å². The maximum Gasteiger partial charge on any atom is 0.241 e. The van der Waals surface area contributed by atoms with E-state index < -0.39 is 10.0 Å². The Morgan fingerprint density at radius 3 is 2.31 bits per heavy atom. The van der Waals surface area contributed by atoms with Crippen LogP contribution in [-0.2, 0) is 19.6 Å². The summed E-state index contributed by atoms with van der Waals surface area (Å²) in [5.74, 6) is 0.306. The number of carbonyl (C=O) groups is 2. The Balaban J connectivity index is 1.44. The van der Waals surface area contributed by atoms with Crippen molar-refractivity contribution in [3.8, 4) is 0 Å². The lowest BCUT2D eigenvalue weighted by molar-refractivity contribution is -0.140. The molecular formula is C17H22BrN3O4S. The summed E-state index contributed by atoms with van der Waals surface area (Å²) in [5.41, 5.74) is 0. The highest BCUT2D eigenvalue weighted by Crippen LogP contribution is 2.31. The Morgan fingerprint density at radius 1 is 1.08 bits per heavy atom. The molecule has 0 spiro atoms. The van der Waals surface area contributed by atoms with Crippen molar-refractivity contribution in [2.75, 3.05) is 32.7 Å². The fourth-order valence-corrected chi connectivity index (χ4v) is 4.99. The average molecular weight is 444 g/mol. The number of hydrogen-bond donors (Lipinski definition) is 1. The monoisotopic (exact) mass is 443 g/mol. The summed E-state index contributed by atoms with van der Waals surface area (Å²) in [7, 11) is -3.66. The third kappa shape index (κ3) is 4.63. The van der Waals surface area contributed by atoms with Crippen LogP contribution in [-0.4, -0.2) is 62.8 Å². The van der Waals surface area contributed by atoms with Gasteiger partial charge in [0.15, 0.2) is 0 Å². The Bertz CT molecular complexity index is 787. The van der Waals surface area contributed by atoms with Gasteiger partial charge in [0.1, 0.15) is 0 Å². The Labute approximate surface area is 161 Å². The minimum absolute atomic E-state index is 0.0454. The first kappa shape index (κ1) is 19.3. The highest BCUT2D eigenvalue weighted by molar-refractivity contribution is 9.10. The van der Waals surface area contributed by atoms with Gasteiger partial charge < -0.3 is 9.80 Å². The number of amides is 2. The van der Waals surface area contributed by atoms with Gasteiger partial charge in [0, 0.05) is 49.5 Å². The molecule has 9 heteroatoms. The van der Waals surface area contributed by atoms with Crippen molar-refractivity contribution in [2.45, 2.75) is 24.2 Å². The van der Waals surface area contributed by atoms with Crippen molar-refractivity contribution in [3.05, 3.63) is 28.7 Å². The second kappa shape index (κ2) is 8.06. The van der Waals surface area contributed by atoms with E-state index in [2.05, 4.69) is 20.7 Å². The van der Waals surface area contributed by atoms with Crippen LogP contribution in [0.5, 0.6) is 0 Å². The van der Waals surface area contributed by atoms with Crippen LogP contribution in [0.1, 0.15) is 19.3 Å². The normalized spacial score (nSPS) is 18.0. The zero-order valence-electron chi connectivity index (χ0n) is 14.4. The number of rotatable bonds is 6. The number of nitrogens with one attached hydrogen (secondary N) is 1. The van der Waals surface area contributed by atoms with Gasteiger partial charge in [-0.25, -0.2) is 13.1 Å². The topological polar surface area (TPSA) is 86.8 Å². The van der Waals surface area contributed by atoms with Crippen molar-refractivity contribution in [2.24, 2.45) is 5.92 Å². The van der Waals surface area contributed by atoms with Crippen molar-refractivity contribution in [1.29, 1.82) is 0 Å². The van der Waals surface area contributed by atoms with E-state index in [1.807, 2.05) is 4.90 Å². The first-order valence-electron chi connectivity index (χ1n) is 8.69. The molecule has 0 unspecified atom stereocenters. The maximum atomic E-state index is 12.3. The predicted molar refractivity (Wildman–Crippen MR) is 99.8 cm³/mol. The standard InChI is InChI=1S/C17H22BrN3O4S/c18-14-3-1-2-4-15(14)26(24,25)19-8-7-16(22)20-9-11-21(12-10-20)17(23)13-5-6-13/h1-4,13,19H,5-12H2. The van der Waals surface area contributed by atoms with E-state index >= 15 is 0 Å². The van der Waals surface area contributed by atoms with Crippen LogP contribution in [0.15, 0.2) is 33.6 Å². The van der Waals surface area contributed by atoms with E-state index in [-0.39, 0.29) is 35.6 Å². The van der Waals surface area contributed by atoms with Gasteiger partial charge in [-0.05, 0) is 40.9 Å². The zero-order valence-corrected chi connectivity index (χ0v) is 16.8. The largest absolute Gasteiger partial charge is 0.339 e. The molecule has 26 heavy (non-hydrogen) atoms. The molecule has 1 N–H and O–H groups in total. The van der Waals surface area contributed by atoms with E-state index in [4.69, 9.17) is 0 Å². The van der Waals surface area contributed by atoms with Gasteiger partial charge in [-0.15, -0.1) is 0 Å². The van der Waals surface area contributed by atoms with Crippen LogP contribution in [0, 0.1) is 5.92 Å².